The highest BCUT2D eigenvalue weighted by Gasteiger charge is 2.64. The fourth-order valence-electron chi connectivity index (χ4n) is 3.55. The Morgan fingerprint density at radius 3 is 1.73 bits per heavy atom. The molecule has 2 aliphatic heterocycles. The molecular weight excluding hydrogens is 136 g/mol. The molecule has 5 rings (SSSR count). The molecule has 2 bridgehead atoms. The molecule has 58 valence electrons. The monoisotopic (exact) mass is 148 g/mol. The molecule has 0 radical (unpaired) electrons. The SMILES string of the molecule is C1C[C@H]2[C@@H]1[C@@H]1N=N[C@H]2[C@H]2C[C@H]21. The Kier molecular flexibility index (Phi) is 0.667. The van der Waals surface area contributed by atoms with Crippen molar-refractivity contribution in [3.8, 4) is 0 Å². The summed E-state index contributed by atoms with van der Waals surface area (Å²) in [5.74, 6) is 3.92. The highest BCUT2D eigenvalue weighted by atomic mass is 15.2. The van der Waals surface area contributed by atoms with Gasteiger partial charge in [0.1, 0.15) is 0 Å². The molecule has 3 fully saturated rings. The van der Waals surface area contributed by atoms with Crippen molar-refractivity contribution in [3.05, 3.63) is 0 Å². The van der Waals surface area contributed by atoms with Crippen LogP contribution in [-0.2, 0) is 0 Å². The topological polar surface area (TPSA) is 24.7 Å². The molecule has 0 aromatic carbocycles. The van der Waals surface area contributed by atoms with Crippen LogP contribution in [0.4, 0.5) is 0 Å². The Morgan fingerprint density at radius 2 is 1.27 bits per heavy atom. The first-order valence-electron chi connectivity index (χ1n) is 4.85. The standard InChI is InChI=1S/C9H12N2/c1-2-5-4(1)8-6-3-7(6)9(5)11-10-8/h4-9H,1-3H2/t4-,5+,6-,7+,8+,9-. The Bertz CT molecular complexity index is 224. The van der Waals surface area contributed by atoms with E-state index in [-0.39, 0.29) is 0 Å². The lowest BCUT2D eigenvalue weighted by molar-refractivity contribution is 0.0349. The minimum absolute atomic E-state index is 0.684. The van der Waals surface area contributed by atoms with Crippen LogP contribution >= 0.6 is 0 Å². The van der Waals surface area contributed by atoms with Gasteiger partial charge in [0.05, 0.1) is 12.1 Å². The fraction of sp³-hybridized carbons (Fsp3) is 1.00. The van der Waals surface area contributed by atoms with E-state index in [1.807, 2.05) is 0 Å². The van der Waals surface area contributed by atoms with Gasteiger partial charge in [-0.3, -0.25) is 0 Å². The van der Waals surface area contributed by atoms with Gasteiger partial charge in [-0.1, -0.05) is 0 Å². The Hall–Kier alpha value is -0.400. The van der Waals surface area contributed by atoms with Crippen molar-refractivity contribution in [1.82, 2.24) is 0 Å². The lowest BCUT2D eigenvalue weighted by Crippen LogP contribution is -2.50. The van der Waals surface area contributed by atoms with Crippen LogP contribution in [0.15, 0.2) is 10.2 Å². The van der Waals surface area contributed by atoms with Crippen molar-refractivity contribution >= 4 is 0 Å². The molecule has 0 saturated heterocycles. The molecule has 2 heteroatoms. The van der Waals surface area contributed by atoms with Gasteiger partial charge >= 0.3 is 0 Å². The Morgan fingerprint density at radius 1 is 0.727 bits per heavy atom. The van der Waals surface area contributed by atoms with E-state index in [4.69, 9.17) is 0 Å². The van der Waals surface area contributed by atoms with Gasteiger partial charge in [-0.15, -0.1) is 0 Å². The number of azo groups is 1. The lowest BCUT2D eigenvalue weighted by Gasteiger charge is -2.49. The average Bonchev–Trinajstić information content (AvgIpc) is 2.67. The van der Waals surface area contributed by atoms with Gasteiger partial charge in [-0.05, 0) is 42.9 Å². The molecule has 0 N–H and O–H groups in total. The van der Waals surface area contributed by atoms with E-state index in [9.17, 15) is 0 Å². The van der Waals surface area contributed by atoms with Crippen molar-refractivity contribution in [1.29, 1.82) is 0 Å². The molecule has 0 aromatic heterocycles. The molecule has 0 spiro atoms. The summed E-state index contributed by atoms with van der Waals surface area (Å²) in [6.45, 7) is 0. The van der Waals surface area contributed by atoms with Crippen molar-refractivity contribution < 1.29 is 0 Å². The maximum atomic E-state index is 4.43. The van der Waals surface area contributed by atoms with Crippen LogP contribution in [0, 0.1) is 23.7 Å². The number of nitrogens with zero attached hydrogens (tertiary/aromatic N) is 2. The maximum Gasteiger partial charge on any atom is 0.0771 e. The van der Waals surface area contributed by atoms with Crippen LogP contribution in [0.5, 0.6) is 0 Å². The zero-order valence-corrected chi connectivity index (χ0v) is 6.48. The van der Waals surface area contributed by atoms with E-state index in [2.05, 4.69) is 10.2 Å². The summed E-state index contributed by atoms with van der Waals surface area (Å²) in [6, 6.07) is 1.37. The van der Waals surface area contributed by atoms with Gasteiger partial charge in [0.25, 0.3) is 0 Å². The van der Waals surface area contributed by atoms with Crippen LogP contribution in [0.25, 0.3) is 0 Å². The van der Waals surface area contributed by atoms with Crippen LogP contribution < -0.4 is 0 Å². The van der Waals surface area contributed by atoms with Crippen molar-refractivity contribution in [3.63, 3.8) is 0 Å². The molecule has 5 aliphatic rings. The van der Waals surface area contributed by atoms with Crippen molar-refractivity contribution in [2.45, 2.75) is 31.3 Å². The number of rotatable bonds is 0. The average molecular weight is 148 g/mol. The van der Waals surface area contributed by atoms with Gasteiger partial charge in [-0.2, -0.15) is 10.2 Å². The Labute approximate surface area is 66.1 Å². The Balaban J connectivity index is 1.86. The van der Waals surface area contributed by atoms with Crippen LogP contribution in [-0.4, -0.2) is 12.1 Å². The molecule has 6 atom stereocenters. The van der Waals surface area contributed by atoms with Crippen LogP contribution in [0.1, 0.15) is 19.3 Å². The molecule has 2 heterocycles. The zero-order chi connectivity index (χ0) is 7.00. The summed E-state index contributed by atoms with van der Waals surface area (Å²) in [5.41, 5.74) is 0. The molecule has 0 amide bonds. The highest BCUT2D eigenvalue weighted by molar-refractivity contribution is 5.16. The first-order chi connectivity index (χ1) is 5.45. The van der Waals surface area contributed by atoms with Gasteiger partial charge in [0, 0.05) is 0 Å². The number of hydrogen-bond acceptors (Lipinski definition) is 2. The van der Waals surface area contributed by atoms with Gasteiger partial charge in [0.2, 0.25) is 0 Å². The summed E-state index contributed by atoms with van der Waals surface area (Å²) >= 11 is 0. The minimum Gasteiger partial charge on any atom is -0.190 e. The predicted molar refractivity (Wildman–Crippen MR) is 40.2 cm³/mol. The zero-order valence-electron chi connectivity index (χ0n) is 6.48. The van der Waals surface area contributed by atoms with E-state index in [0.717, 1.165) is 23.7 Å². The van der Waals surface area contributed by atoms with Crippen LogP contribution in [0.2, 0.25) is 0 Å². The molecule has 0 aromatic rings. The predicted octanol–water partition coefficient (Wildman–Crippen LogP) is 1.87. The largest absolute Gasteiger partial charge is 0.190 e. The van der Waals surface area contributed by atoms with Gasteiger partial charge < -0.3 is 0 Å². The fourth-order valence-corrected chi connectivity index (χ4v) is 3.55. The summed E-state index contributed by atoms with van der Waals surface area (Å²) in [5, 5.41) is 8.86. The van der Waals surface area contributed by atoms with E-state index in [0.29, 0.717) is 12.1 Å². The van der Waals surface area contributed by atoms with Crippen molar-refractivity contribution in [2.75, 3.05) is 0 Å². The maximum absolute atomic E-state index is 4.43. The second kappa shape index (κ2) is 1.39. The normalized spacial score (nSPS) is 68.4. The molecule has 0 unspecified atom stereocenters. The minimum atomic E-state index is 0.684. The number of hydrogen-bond donors (Lipinski definition) is 0. The van der Waals surface area contributed by atoms with Crippen LogP contribution in [0.3, 0.4) is 0 Å². The second-order valence-electron chi connectivity index (χ2n) is 4.68. The molecule has 11 heavy (non-hydrogen) atoms. The van der Waals surface area contributed by atoms with Gasteiger partial charge in [0.15, 0.2) is 0 Å². The summed E-state index contributed by atoms with van der Waals surface area (Å²) < 4.78 is 0. The molecule has 3 saturated carbocycles. The van der Waals surface area contributed by atoms with E-state index in [1.165, 1.54) is 19.3 Å². The van der Waals surface area contributed by atoms with E-state index >= 15 is 0 Å². The molecular formula is C9H12N2. The van der Waals surface area contributed by atoms with E-state index < -0.39 is 0 Å². The summed E-state index contributed by atoms with van der Waals surface area (Å²) in [6.07, 6.45) is 4.36. The summed E-state index contributed by atoms with van der Waals surface area (Å²) in [7, 11) is 0. The third-order valence-electron chi connectivity index (χ3n) is 4.36. The van der Waals surface area contributed by atoms with Gasteiger partial charge in [-0.25, -0.2) is 0 Å². The quantitative estimate of drug-likeness (QED) is 0.501. The highest BCUT2D eigenvalue weighted by Crippen LogP contribution is 2.64. The third kappa shape index (κ3) is 0.438. The summed E-state index contributed by atoms with van der Waals surface area (Å²) in [4.78, 5) is 0. The molecule has 2 nitrogen and oxygen atoms in total. The first kappa shape index (κ1) is 5.28. The first-order valence-corrected chi connectivity index (χ1v) is 4.85. The second-order valence-corrected chi connectivity index (χ2v) is 4.68. The lowest BCUT2D eigenvalue weighted by atomic mass is 9.60. The van der Waals surface area contributed by atoms with E-state index in [1.54, 1.807) is 0 Å². The molecule has 3 aliphatic carbocycles. The smallest absolute Gasteiger partial charge is 0.0771 e. The van der Waals surface area contributed by atoms with Crippen molar-refractivity contribution in [2.24, 2.45) is 33.9 Å². The third-order valence-corrected chi connectivity index (χ3v) is 4.36.